The van der Waals surface area contributed by atoms with Crippen molar-refractivity contribution in [3.8, 4) is 0 Å². The molecule has 0 aliphatic carbocycles. The number of carbonyl (C=O) groups excluding carboxylic acids is 2. The van der Waals surface area contributed by atoms with Crippen LogP contribution in [0.1, 0.15) is 25.3 Å². The van der Waals surface area contributed by atoms with E-state index in [-0.39, 0.29) is 18.9 Å². The van der Waals surface area contributed by atoms with Crippen molar-refractivity contribution in [3.63, 3.8) is 0 Å². The van der Waals surface area contributed by atoms with Crippen molar-refractivity contribution < 1.29 is 19.1 Å². The number of nitrogens with one attached hydrogen (secondary N) is 2. The highest BCUT2D eigenvalue weighted by Gasteiger charge is 2.26. The van der Waals surface area contributed by atoms with Crippen molar-refractivity contribution in [2.24, 2.45) is 22.2 Å². The first kappa shape index (κ1) is 23.8. The molecule has 2 rings (SSSR count). The second-order valence-corrected chi connectivity index (χ2v) is 7.23. The lowest BCUT2D eigenvalue weighted by Gasteiger charge is -2.21. The average molecular weight is 432 g/mol. The summed E-state index contributed by atoms with van der Waals surface area (Å²) in [7, 11) is 0. The van der Waals surface area contributed by atoms with Gasteiger partial charge in [-0.25, -0.2) is 4.79 Å². The molecule has 11 heteroatoms. The van der Waals surface area contributed by atoms with Crippen LogP contribution in [-0.4, -0.2) is 47.6 Å². The summed E-state index contributed by atoms with van der Waals surface area (Å²) in [5.41, 5.74) is 17.2. The zero-order valence-electron chi connectivity index (χ0n) is 17.4. The lowest BCUT2D eigenvalue weighted by Crippen LogP contribution is -2.53. The number of nitrogens with zero attached hydrogens (tertiary/aromatic N) is 1. The Hall–Kier alpha value is -3.44. The Morgan fingerprint density at radius 2 is 1.94 bits per heavy atom. The topological polar surface area (TPSA) is 199 Å². The minimum absolute atomic E-state index is 0.0749. The second kappa shape index (κ2) is 10.5. The van der Waals surface area contributed by atoms with Gasteiger partial charge in [0.1, 0.15) is 17.7 Å². The summed E-state index contributed by atoms with van der Waals surface area (Å²) < 4.78 is 5.19. The van der Waals surface area contributed by atoms with Gasteiger partial charge >= 0.3 is 5.63 Å². The molecular weight excluding hydrogens is 404 g/mol. The SMILES string of the molecule is Cc1cc(=O)oc2cc(NC(=O)[C@H](CCCN=C(N)N)NC(=O)[C@@H](N)[C@@H](C)O)ccc12. The van der Waals surface area contributed by atoms with E-state index in [1.807, 2.05) is 0 Å². The lowest BCUT2D eigenvalue weighted by atomic mass is 10.1. The molecule has 0 radical (unpaired) electrons. The van der Waals surface area contributed by atoms with Crippen LogP contribution in [0.5, 0.6) is 0 Å². The Balaban J connectivity index is 2.18. The second-order valence-electron chi connectivity index (χ2n) is 7.23. The van der Waals surface area contributed by atoms with E-state index < -0.39 is 35.6 Å². The predicted molar refractivity (Wildman–Crippen MR) is 117 cm³/mol. The summed E-state index contributed by atoms with van der Waals surface area (Å²) in [6.45, 7) is 3.43. The zero-order valence-corrected chi connectivity index (χ0v) is 17.4. The van der Waals surface area contributed by atoms with Crippen molar-refractivity contribution in [3.05, 3.63) is 40.2 Å². The molecule has 2 aromatic rings. The van der Waals surface area contributed by atoms with Gasteiger partial charge in [0, 0.05) is 29.8 Å². The van der Waals surface area contributed by atoms with E-state index in [9.17, 15) is 19.5 Å². The summed E-state index contributed by atoms with van der Waals surface area (Å²) in [5, 5.41) is 15.5. The number of hydrogen-bond acceptors (Lipinski definition) is 7. The molecule has 0 saturated carbocycles. The molecule has 1 heterocycles. The quantitative estimate of drug-likeness (QED) is 0.129. The molecule has 3 atom stereocenters. The van der Waals surface area contributed by atoms with Crippen molar-refractivity contribution in [2.45, 2.75) is 44.9 Å². The number of benzene rings is 1. The summed E-state index contributed by atoms with van der Waals surface area (Å²) in [6.07, 6.45) is -0.453. The minimum atomic E-state index is -1.19. The van der Waals surface area contributed by atoms with E-state index in [1.54, 1.807) is 19.1 Å². The molecule has 31 heavy (non-hydrogen) atoms. The molecule has 0 bridgehead atoms. The number of fused-ring (bicyclic) bond motifs is 1. The van der Waals surface area contributed by atoms with Crippen molar-refractivity contribution in [1.82, 2.24) is 5.32 Å². The Bertz CT molecular complexity index is 1030. The van der Waals surface area contributed by atoms with Gasteiger partial charge in [0.25, 0.3) is 0 Å². The van der Waals surface area contributed by atoms with Crippen LogP contribution in [0.2, 0.25) is 0 Å². The van der Waals surface area contributed by atoms with Crippen LogP contribution < -0.4 is 33.5 Å². The van der Waals surface area contributed by atoms with E-state index in [4.69, 9.17) is 21.6 Å². The van der Waals surface area contributed by atoms with E-state index in [0.29, 0.717) is 17.7 Å². The normalized spacial score (nSPS) is 13.8. The van der Waals surface area contributed by atoms with Crippen molar-refractivity contribution in [1.29, 1.82) is 0 Å². The van der Waals surface area contributed by atoms with Crippen LogP contribution in [0.15, 0.2) is 38.5 Å². The third-order valence-electron chi connectivity index (χ3n) is 4.62. The molecule has 1 aromatic carbocycles. The maximum Gasteiger partial charge on any atom is 0.336 e. The predicted octanol–water partition coefficient (Wildman–Crippen LogP) is -0.714. The number of aliphatic hydroxyl groups excluding tert-OH is 1. The third kappa shape index (κ3) is 6.79. The van der Waals surface area contributed by atoms with E-state index in [2.05, 4.69) is 15.6 Å². The Labute approximate surface area is 178 Å². The van der Waals surface area contributed by atoms with Gasteiger partial charge in [0.15, 0.2) is 5.96 Å². The van der Waals surface area contributed by atoms with Crippen LogP contribution in [0.25, 0.3) is 11.0 Å². The van der Waals surface area contributed by atoms with Gasteiger partial charge in [-0.1, -0.05) is 0 Å². The van der Waals surface area contributed by atoms with Gasteiger partial charge in [-0.2, -0.15) is 0 Å². The Morgan fingerprint density at radius 3 is 2.58 bits per heavy atom. The molecule has 0 aliphatic rings. The zero-order chi connectivity index (χ0) is 23.1. The summed E-state index contributed by atoms with van der Waals surface area (Å²) in [5.74, 6) is -1.25. The third-order valence-corrected chi connectivity index (χ3v) is 4.62. The highest BCUT2D eigenvalue weighted by molar-refractivity contribution is 5.99. The molecule has 168 valence electrons. The number of carbonyl (C=O) groups is 2. The van der Waals surface area contributed by atoms with Crippen LogP contribution >= 0.6 is 0 Å². The van der Waals surface area contributed by atoms with Crippen molar-refractivity contribution in [2.75, 3.05) is 11.9 Å². The Morgan fingerprint density at radius 1 is 1.23 bits per heavy atom. The summed E-state index contributed by atoms with van der Waals surface area (Å²) in [6, 6.07) is 4.15. The van der Waals surface area contributed by atoms with Crippen LogP contribution in [0.3, 0.4) is 0 Å². The molecular formula is C20H28N6O5. The number of hydrogen-bond donors (Lipinski definition) is 6. The van der Waals surface area contributed by atoms with Gasteiger partial charge < -0.3 is 37.4 Å². The fourth-order valence-electron chi connectivity index (χ4n) is 2.89. The first-order valence-corrected chi connectivity index (χ1v) is 9.73. The van der Waals surface area contributed by atoms with Crippen LogP contribution in [0, 0.1) is 6.92 Å². The maximum absolute atomic E-state index is 12.8. The minimum Gasteiger partial charge on any atom is -0.423 e. The number of aryl methyl sites for hydroxylation is 1. The smallest absolute Gasteiger partial charge is 0.336 e. The molecule has 11 nitrogen and oxygen atoms in total. The molecule has 9 N–H and O–H groups in total. The van der Waals surface area contributed by atoms with E-state index >= 15 is 0 Å². The molecule has 0 fully saturated rings. The fourth-order valence-corrected chi connectivity index (χ4v) is 2.89. The number of aliphatic hydroxyl groups is 1. The molecule has 0 spiro atoms. The van der Waals surface area contributed by atoms with Gasteiger partial charge in [0.05, 0.1) is 6.10 Å². The first-order chi connectivity index (χ1) is 14.6. The van der Waals surface area contributed by atoms with Gasteiger partial charge in [-0.05, 0) is 44.4 Å². The largest absolute Gasteiger partial charge is 0.423 e. The molecule has 0 aliphatic heterocycles. The molecule has 0 saturated heterocycles. The maximum atomic E-state index is 12.8. The number of amides is 2. The fraction of sp³-hybridized carbons (Fsp3) is 0.400. The number of guanidine groups is 1. The monoisotopic (exact) mass is 432 g/mol. The van der Waals surface area contributed by atoms with Crippen molar-refractivity contribution >= 4 is 34.4 Å². The number of nitrogens with two attached hydrogens (primary N) is 3. The number of rotatable bonds is 9. The van der Waals surface area contributed by atoms with Gasteiger partial charge in [-0.3, -0.25) is 14.6 Å². The molecule has 2 amide bonds. The Kier molecular flexibility index (Phi) is 8.11. The summed E-state index contributed by atoms with van der Waals surface area (Å²) >= 11 is 0. The standard InChI is InChI=1S/C20H28N6O5/c1-10-8-16(28)31-15-9-12(5-6-13(10)15)25-18(29)14(4-3-7-24-20(22)23)26-19(30)17(21)11(2)27/h5-6,8-9,11,14,17,27H,3-4,7,21H2,1-2H3,(H,25,29)(H,26,30)(H4,22,23,24)/t11-,14+,17+/m1/s1. The summed E-state index contributed by atoms with van der Waals surface area (Å²) in [4.78, 5) is 40.6. The van der Waals surface area contributed by atoms with Crippen LogP contribution in [0.4, 0.5) is 5.69 Å². The lowest BCUT2D eigenvalue weighted by molar-refractivity contribution is -0.129. The number of anilines is 1. The molecule has 0 unspecified atom stereocenters. The molecule has 1 aromatic heterocycles. The van der Waals surface area contributed by atoms with E-state index in [0.717, 1.165) is 10.9 Å². The first-order valence-electron chi connectivity index (χ1n) is 9.73. The highest BCUT2D eigenvalue weighted by Crippen LogP contribution is 2.21. The van der Waals surface area contributed by atoms with Crippen LogP contribution in [-0.2, 0) is 9.59 Å². The van der Waals surface area contributed by atoms with E-state index in [1.165, 1.54) is 19.1 Å². The average Bonchev–Trinajstić information content (AvgIpc) is 2.68. The number of aliphatic imine (C=N–C) groups is 1. The highest BCUT2D eigenvalue weighted by atomic mass is 16.4. The van der Waals surface area contributed by atoms with Gasteiger partial charge in [0.2, 0.25) is 11.8 Å². The van der Waals surface area contributed by atoms with Gasteiger partial charge in [-0.15, -0.1) is 0 Å².